The summed E-state index contributed by atoms with van der Waals surface area (Å²) >= 11 is 5.67. The molecule has 3 rings (SSSR count). The number of hydrogen-bond donors (Lipinski definition) is 3. The van der Waals surface area contributed by atoms with Gasteiger partial charge in [-0.1, -0.05) is 29.8 Å². The number of carbonyl (C=O) groups excluding carboxylic acids is 1. The summed E-state index contributed by atoms with van der Waals surface area (Å²) < 4.78 is 13.4. The Hall–Kier alpha value is -3.06. The van der Waals surface area contributed by atoms with Gasteiger partial charge in [0.2, 0.25) is 0 Å². The fraction of sp³-hybridized carbons (Fsp3) is 0.0588. The van der Waals surface area contributed by atoms with Crippen molar-refractivity contribution < 1.29 is 19.5 Å². The number of phenols is 1. The summed E-state index contributed by atoms with van der Waals surface area (Å²) in [7, 11) is 0. The number of nitrogens with one attached hydrogen (secondary N) is 1. The number of fused-ring (bicyclic) bond motifs is 1. The van der Waals surface area contributed by atoms with Gasteiger partial charge in [0, 0.05) is 11.9 Å². The summed E-state index contributed by atoms with van der Waals surface area (Å²) in [5.41, 5.74) is -0.811. The molecule has 0 spiro atoms. The largest absolute Gasteiger partial charge is 0.506 e. The number of halogens is 2. The molecule has 0 unspecified atom stereocenters. The molecule has 1 amide bonds. The number of aromatic nitrogens is 1. The monoisotopic (exact) mass is 362 g/mol. The van der Waals surface area contributed by atoms with Crippen LogP contribution in [0, 0.1) is 5.82 Å². The standard InChI is InChI=1S/C17H12ClFN2O4/c18-12-6-9(4-5-13(12)19)8-20-16(23)11-7-10-2-1-3-14(22)15(10)21(25)17(11)24/h1-7,22,25H,8H2,(H,20,23). The maximum Gasteiger partial charge on any atom is 0.296 e. The zero-order valence-electron chi connectivity index (χ0n) is 12.7. The van der Waals surface area contributed by atoms with E-state index in [1.165, 1.54) is 42.5 Å². The molecule has 0 atom stereocenters. The Labute approximate surface area is 145 Å². The summed E-state index contributed by atoms with van der Waals surface area (Å²) in [6.07, 6.45) is 0. The summed E-state index contributed by atoms with van der Waals surface area (Å²) in [4.78, 5) is 24.4. The molecular formula is C17H12ClFN2O4. The number of amides is 1. The van der Waals surface area contributed by atoms with E-state index in [1.54, 1.807) is 0 Å². The molecule has 0 saturated carbocycles. The van der Waals surface area contributed by atoms with E-state index in [1.807, 2.05) is 0 Å². The lowest BCUT2D eigenvalue weighted by Gasteiger charge is -2.09. The van der Waals surface area contributed by atoms with Crippen LogP contribution in [-0.4, -0.2) is 21.0 Å². The van der Waals surface area contributed by atoms with Crippen molar-refractivity contribution in [3.63, 3.8) is 0 Å². The first-order chi connectivity index (χ1) is 11.9. The second-order valence-corrected chi connectivity index (χ2v) is 5.73. The minimum Gasteiger partial charge on any atom is -0.506 e. The average molecular weight is 363 g/mol. The third kappa shape index (κ3) is 3.14. The van der Waals surface area contributed by atoms with Crippen molar-refractivity contribution in [1.29, 1.82) is 0 Å². The molecule has 1 heterocycles. The number of pyridine rings is 1. The zero-order chi connectivity index (χ0) is 18.1. The lowest BCUT2D eigenvalue weighted by molar-refractivity contribution is 0.0943. The first-order valence-corrected chi connectivity index (χ1v) is 7.55. The zero-order valence-corrected chi connectivity index (χ0v) is 13.4. The lowest BCUT2D eigenvalue weighted by Crippen LogP contribution is -2.32. The second-order valence-electron chi connectivity index (χ2n) is 5.32. The Kier molecular flexibility index (Phi) is 4.33. The van der Waals surface area contributed by atoms with Crippen LogP contribution in [0.5, 0.6) is 5.75 Å². The van der Waals surface area contributed by atoms with Crippen molar-refractivity contribution in [3.05, 3.63) is 74.8 Å². The number of nitrogens with zero attached hydrogens (tertiary/aromatic N) is 1. The van der Waals surface area contributed by atoms with Crippen LogP contribution in [0.2, 0.25) is 5.02 Å². The van der Waals surface area contributed by atoms with Gasteiger partial charge in [-0.05, 0) is 29.8 Å². The topological polar surface area (TPSA) is 91.6 Å². The summed E-state index contributed by atoms with van der Waals surface area (Å²) in [5, 5.41) is 22.4. The van der Waals surface area contributed by atoms with Gasteiger partial charge in [0.25, 0.3) is 11.5 Å². The number of hydrogen-bond acceptors (Lipinski definition) is 4. The summed E-state index contributed by atoms with van der Waals surface area (Å²) in [6, 6.07) is 9.62. The van der Waals surface area contributed by atoms with Gasteiger partial charge in [0.15, 0.2) is 0 Å². The van der Waals surface area contributed by atoms with Gasteiger partial charge in [-0.15, -0.1) is 4.73 Å². The van der Waals surface area contributed by atoms with Crippen molar-refractivity contribution in [3.8, 4) is 5.75 Å². The Balaban J connectivity index is 1.91. The van der Waals surface area contributed by atoms with E-state index >= 15 is 0 Å². The summed E-state index contributed by atoms with van der Waals surface area (Å²) in [6.45, 7) is 0.0157. The smallest absolute Gasteiger partial charge is 0.296 e. The molecule has 0 fully saturated rings. The highest BCUT2D eigenvalue weighted by Gasteiger charge is 2.17. The fourth-order valence-corrected chi connectivity index (χ4v) is 2.62. The first kappa shape index (κ1) is 16.8. The van der Waals surface area contributed by atoms with Crippen molar-refractivity contribution in [2.75, 3.05) is 0 Å². The Morgan fingerprint density at radius 1 is 1.24 bits per heavy atom. The first-order valence-electron chi connectivity index (χ1n) is 7.17. The highest BCUT2D eigenvalue weighted by Crippen LogP contribution is 2.23. The van der Waals surface area contributed by atoms with Crippen molar-refractivity contribution in [2.24, 2.45) is 0 Å². The molecule has 3 N–H and O–H groups in total. The molecule has 0 aliphatic rings. The van der Waals surface area contributed by atoms with Crippen LogP contribution in [-0.2, 0) is 6.54 Å². The van der Waals surface area contributed by atoms with Crippen LogP contribution in [0.1, 0.15) is 15.9 Å². The lowest BCUT2D eigenvalue weighted by atomic mass is 10.1. The van der Waals surface area contributed by atoms with Gasteiger partial charge < -0.3 is 15.6 Å². The maximum absolute atomic E-state index is 13.1. The molecule has 0 saturated heterocycles. The van der Waals surface area contributed by atoms with Crippen molar-refractivity contribution in [2.45, 2.75) is 6.54 Å². The molecule has 8 heteroatoms. The van der Waals surface area contributed by atoms with E-state index < -0.39 is 17.3 Å². The van der Waals surface area contributed by atoms with Crippen LogP contribution in [0.4, 0.5) is 4.39 Å². The highest BCUT2D eigenvalue weighted by atomic mass is 35.5. The second kappa shape index (κ2) is 6.45. The van der Waals surface area contributed by atoms with E-state index in [-0.39, 0.29) is 33.1 Å². The minimum atomic E-state index is -0.969. The van der Waals surface area contributed by atoms with Gasteiger partial charge in [-0.2, -0.15) is 0 Å². The molecule has 6 nitrogen and oxygen atoms in total. The molecule has 0 aliphatic carbocycles. The van der Waals surface area contributed by atoms with Gasteiger partial charge >= 0.3 is 0 Å². The van der Waals surface area contributed by atoms with E-state index in [0.717, 1.165) is 0 Å². The van der Waals surface area contributed by atoms with Crippen LogP contribution in [0.25, 0.3) is 10.9 Å². The quantitative estimate of drug-likeness (QED) is 0.625. The van der Waals surface area contributed by atoms with Gasteiger partial charge in [-0.25, -0.2) is 4.39 Å². The van der Waals surface area contributed by atoms with Crippen LogP contribution < -0.4 is 10.9 Å². The van der Waals surface area contributed by atoms with Crippen molar-refractivity contribution in [1.82, 2.24) is 10.0 Å². The van der Waals surface area contributed by atoms with Gasteiger partial charge in [0.1, 0.15) is 22.6 Å². The van der Waals surface area contributed by atoms with E-state index in [9.17, 15) is 24.3 Å². The molecule has 3 aromatic rings. The van der Waals surface area contributed by atoms with Gasteiger partial charge in [-0.3, -0.25) is 9.59 Å². The Morgan fingerprint density at radius 3 is 2.72 bits per heavy atom. The SMILES string of the molecule is O=C(NCc1ccc(F)c(Cl)c1)c1cc2cccc(O)c2n(O)c1=O. The van der Waals surface area contributed by atoms with Crippen LogP contribution in [0.15, 0.2) is 47.3 Å². The molecule has 2 aromatic carbocycles. The molecular weight excluding hydrogens is 351 g/mol. The third-order valence-electron chi connectivity index (χ3n) is 3.66. The predicted molar refractivity (Wildman–Crippen MR) is 89.6 cm³/mol. The minimum absolute atomic E-state index is 0.0157. The average Bonchev–Trinajstić information content (AvgIpc) is 2.58. The molecule has 1 aromatic heterocycles. The number of phenolic OH excluding ortho intramolecular Hbond substituents is 1. The molecule has 128 valence electrons. The van der Waals surface area contributed by atoms with E-state index in [2.05, 4.69) is 5.32 Å². The normalized spacial score (nSPS) is 10.8. The van der Waals surface area contributed by atoms with E-state index in [0.29, 0.717) is 10.9 Å². The molecule has 0 radical (unpaired) electrons. The maximum atomic E-state index is 13.1. The number of para-hydroxylation sites is 1. The Bertz CT molecular complexity index is 1050. The van der Waals surface area contributed by atoms with E-state index in [4.69, 9.17) is 11.6 Å². The van der Waals surface area contributed by atoms with Gasteiger partial charge in [0.05, 0.1) is 5.02 Å². The van der Waals surface area contributed by atoms with Crippen LogP contribution in [0.3, 0.4) is 0 Å². The number of rotatable bonds is 3. The number of aromatic hydroxyl groups is 1. The van der Waals surface area contributed by atoms with Crippen molar-refractivity contribution >= 4 is 28.4 Å². The molecule has 0 aliphatic heterocycles. The molecule has 25 heavy (non-hydrogen) atoms. The highest BCUT2D eigenvalue weighted by molar-refractivity contribution is 6.30. The molecule has 0 bridgehead atoms. The summed E-state index contributed by atoms with van der Waals surface area (Å²) in [5.74, 6) is -1.59. The number of benzene rings is 2. The third-order valence-corrected chi connectivity index (χ3v) is 3.95. The van der Waals surface area contributed by atoms with Crippen LogP contribution >= 0.6 is 11.6 Å². The predicted octanol–water partition coefficient (Wildman–Crippen LogP) is 2.67. The Morgan fingerprint density at radius 2 is 2.00 bits per heavy atom. The number of carbonyl (C=O) groups is 1. The fourth-order valence-electron chi connectivity index (χ4n) is 2.42.